The summed E-state index contributed by atoms with van der Waals surface area (Å²) in [6.07, 6.45) is 6.03. The van der Waals surface area contributed by atoms with E-state index in [0.717, 1.165) is 12.8 Å². The predicted molar refractivity (Wildman–Crippen MR) is 74.1 cm³/mol. The standard InChI is InChI=1S/C17H20O4/c1-2-21-12(18)6-3-8-7-11-14-9-4-5-10(16(9)19)15(14)13(8)17(11)20/h4-5,8-11,13-15H,2-3,6-7H2,1H3. The van der Waals surface area contributed by atoms with Crippen LogP contribution in [0.5, 0.6) is 0 Å². The first-order chi connectivity index (χ1) is 10.1. The molecule has 4 bridgehead atoms. The Labute approximate surface area is 123 Å². The third-order valence-corrected chi connectivity index (χ3v) is 6.12. The summed E-state index contributed by atoms with van der Waals surface area (Å²) in [6, 6.07) is 0. The number of allylic oxidation sites excluding steroid dienone is 2. The summed E-state index contributed by atoms with van der Waals surface area (Å²) in [7, 11) is 0. The lowest BCUT2D eigenvalue weighted by Crippen LogP contribution is -2.31. The van der Waals surface area contributed by atoms with E-state index in [4.69, 9.17) is 4.74 Å². The van der Waals surface area contributed by atoms with E-state index in [0.29, 0.717) is 24.6 Å². The van der Waals surface area contributed by atoms with Crippen LogP contribution in [-0.4, -0.2) is 24.1 Å². The first kappa shape index (κ1) is 13.2. The van der Waals surface area contributed by atoms with Crippen molar-refractivity contribution in [3.8, 4) is 0 Å². The lowest BCUT2D eigenvalue weighted by Gasteiger charge is -2.34. The molecule has 0 aromatic heterocycles. The highest BCUT2D eigenvalue weighted by atomic mass is 16.5. The second kappa shape index (κ2) is 4.52. The van der Waals surface area contributed by atoms with Crippen molar-refractivity contribution >= 4 is 17.5 Å². The van der Waals surface area contributed by atoms with Gasteiger partial charge in [-0.15, -0.1) is 0 Å². The first-order valence-electron chi connectivity index (χ1n) is 8.05. The van der Waals surface area contributed by atoms with Gasteiger partial charge in [-0.2, -0.15) is 0 Å². The fourth-order valence-corrected chi connectivity index (χ4v) is 5.50. The van der Waals surface area contributed by atoms with Crippen molar-refractivity contribution in [2.24, 2.45) is 41.4 Å². The van der Waals surface area contributed by atoms with Crippen LogP contribution < -0.4 is 0 Å². The maximum atomic E-state index is 12.5. The molecule has 4 rings (SSSR count). The molecular formula is C17H20O4. The molecule has 0 aromatic carbocycles. The fourth-order valence-electron chi connectivity index (χ4n) is 5.50. The van der Waals surface area contributed by atoms with Crippen molar-refractivity contribution < 1.29 is 19.1 Å². The zero-order chi connectivity index (χ0) is 14.7. The van der Waals surface area contributed by atoms with E-state index in [9.17, 15) is 14.4 Å². The fraction of sp³-hybridized carbons (Fsp3) is 0.706. The average molecular weight is 288 g/mol. The molecule has 21 heavy (non-hydrogen) atoms. The van der Waals surface area contributed by atoms with Crippen LogP contribution in [0.3, 0.4) is 0 Å². The number of ketones is 2. The van der Waals surface area contributed by atoms with E-state index in [1.54, 1.807) is 6.92 Å². The third kappa shape index (κ3) is 1.65. The molecule has 112 valence electrons. The van der Waals surface area contributed by atoms with Gasteiger partial charge in [-0.3, -0.25) is 14.4 Å². The monoisotopic (exact) mass is 288 g/mol. The number of carbonyl (C=O) groups is 3. The molecule has 4 nitrogen and oxygen atoms in total. The van der Waals surface area contributed by atoms with E-state index in [1.165, 1.54) is 0 Å². The van der Waals surface area contributed by atoms with E-state index in [-0.39, 0.29) is 47.4 Å². The quantitative estimate of drug-likeness (QED) is 0.449. The maximum Gasteiger partial charge on any atom is 0.305 e. The number of Topliss-reactive ketones (excluding diaryl/α,β-unsaturated/α-hetero) is 2. The molecule has 0 saturated heterocycles. The summed E-state index contributed by atoms with van der Waals surface area (Å²) in [4.78, 5) is 36.3. The molecule has 0 aromatic rings. The van der Waals surface area contributed by atoms with E-state index in [1.807, 2.05) is 12.2 Å². The third-order valence-electron chi connectivity index (χ3n) is 6.12. The van der Waals surface area contributed by atoms with Crippen molar-refractivity contribution in [3.05, 3.63) is 12.2 Å². The summed E-state index contributed by atoms with van der Waals surface area (Å²) in [5, 5.41) is 0. The Hall–Kier alpha value is -1.45. The van der Waals surface area contributed by atoms with Gasteiger partial charge in [0.2, 0.25) is 0 Å². The van der Waals surface area contributed by atoms with Crippen LogP contribution in [0.1, 0.15) is 26.2 Å². The molecule has 7 atom stereocenters. The van der Waals surface area contributed by atoms with Gasteiger partial charge < -0.3 is 4.74 Å². The van der Waals surface area contributed by atoms with Crippen LogP contribution in [0.2, 0.25) is 0 Å². The largest absolute Gasteiger partial charge is 0.466 e. The van der Waals surface area contributed by atoms with E-state index in [2.05, 4.69) is 0 Å². The Morgan fingerprint density at radius 2 is 1.90 bits per heavy atom. The number of fused-ring (bicyclic) bond motifs is 9. The number of hydrogen-bond donors (Lipinski definition) is 0. The second-order valence-corrected chi connectivity index (χ2v) is 6.87. The van der Waals surface area contributed by atoms with Crippen LogP contribution in [0.4, 0.5) is 0 Å². The lowest BCUT2D eigenvalue weighted by molar-refractivity contribution is -0.143. The van der Waals surface area contributed by atoms with Crippen LogP contribution >= 0.6 is 0 Å². The molecule has 4 heteroatoms. The van der Waals surface area contributed by atoms with Crippen molar-refractivity contribution in [1.82, 2.24) is 0 Å². The van der Waals surface area contributed by atoms with Crippen molar-refractivity contribution in [2.45, 2.75) is 26.2 Å². The highest BCUT2D eigenvalue weighted by Crippen LogP contribution is 2.64. The predicted octanol–water partition coefficient (Wildman–Crippen LogP) is 1.78. The molecule has 0 amide bonds. The molecule has 0 radical (unpaired) electrons. The summed E-state index contributed by atoms with van der Waals surface area (Å²) in [6.45, 7) is 2.21. The van der Waals surface area contributed by atoms with E-state index >= 15 is 0 Å². The molecule has 0 aliphatic heterocycles. The Morgan fingerprint density at radius 1 is 1.19 bits per heavy atom. The Balaban J connectivity index is 1.50. The first-order valence-corrected chi connectivity index (χ1v) is 8.05. The highest BCUT2D eigenvalue weighted by Gasteiger charge is 2.68. The van der Waals surface area contributed by atoms with Crippen LogP contribution in [0.25, 0.3) is 0 Å². The van der Waals surface area contributed by atoms with Crippen molar-refractivity contribution in [2.75, 3.05) is 6.61 Å². The Morgan fingerprint density at radius 3 is 2.62 bits per heavy atom. The van der Waals surface area contributed by atoms with Crippen LogP contribution in [0, 0.1) is 41.4 Å². The Kier molecular flexibility index (Phi) is 2.85. The van der Waals surface area contributed by atoms with Gasteiger partial charge in [-0.1, -0.05) is 12.2 Å². The molecule has 0 N–H and O–H groups in total. The van der Waals surface area contributed by atoms with Gasteiger partial charge in [0.05, 0.1) is 6.61 Å². The van der Waals surface area contributed by atoms with Gasteiger partial charge in [0.25, 0.3) is 0 Å². The maximum absolute atomic E-state index is 12.5. The highest BCUT2D eigenvalue weighted by molar-refractivity contribution is 5.99. The smallest absolute Gasteiger partial charge is 0.305 e. The van der Waals surface area contributed by atoms with Gasteiger partial charge in [0.15, 0.2) is 0 Å². The molecule has 4 aliphatic rings. The van der Waals surface area contributed by atoms with Crippen LogP contribution in [-0.2, 0) is 19.1 Å². The molecule has 4 aliphatic carbocycles. The van der Waals surface area contributed by atoms with Crippen molar-refractivity contribution in [1.29, 1.82) is 0 Å². The minimum atomic E-state index is -0.173. The summed E-state index contributed by atoms with van der Waals surface area (Å²) < 4.78 is 4.97. The zero-order valence-electron chi connectivity index (χ0n) is 12.2. The molecule has 7 unspecified atom stereocenters. The molecule has 0 heterocycles. The van der Waals surface area contributed by atoms with Gasteiger partial charge in [0.1, 0.15) is 11.6 Å². The van der Waals surface area contributed by atoms with Gasteiger partial charge >= 0.3 is 5.97 Å². The number of esters is 1. The molecule has 3 saturated carbocycles. The number of hydrogen-bond acceptors (Lipinski definition) is 4. The SMILES string of the molecule is CCOC(=O)CCC1CC2C(=O)C1C1C3C=CC(C3=O)C21. The molecular weight excluding hydrogens is 268 g/mol. The normalized spacial score (nSPS) is 45.5. The summed E-state index contributed by atoms with van der Waals surface area (Å²) in [5.74, 6) is 1.35. The average Bonchev–Trinajstić information content (AvgIpc) is 3.15. The molecule has 0 spiro atoms. The minimum absolute atomic E-state index is 0.00459. The summed E-state index contributed by atoms with van der Waals surface area (Å²) >= 11 is 0. The topological polar surface area (TPSA) is 60.4 Å². The van der Waals surface area contributed by atoms with E-state index < -0.39 is 0 Å². The summed E-state index contributed by atoms with van der Waals surface area (Å²) in [5.41, 5.74) is 0. The zero-order valence-corrected chi connectivity index (χ0v) is 12.2. The van der Waals surface area contributed by atoms with Gasteiger partial charge in [0, 0.05) is 30.1 Å². The number of carbonyl (C=O) groups excluding carboxylic acids is 3. The second-order valence-electron chi connectivity index (χ2n) is 6.87. The Bertz CT molecular complexity index is 549. The van der Waals surface area contributed by atoms with Crippen molar-refractivity contribution in [3.63, 3.8) is 0 Å². The van der Waals surface area contributed by atoms with Crippen LogP contribution in [0.15, 0.2) is 12.2 Å². The van der Waals surface area contributed by atoms with Gasteiger partial charge in [-0.25, -0.2) is 0 Å². The molecule has 3 fully saturated rings. The number of ether oxygens (including phenoxy) is 1. The minimum Gasteiger partial charge on any atom is -0.466 e. The lowest BCUT2D eigenvalue weighted by atomic mass is 9.68. The van der Waals surface area contributed by atoms with Gasteiger partial charge in [-0.05, 0) is 37.5 Å². The number of rotatable bonds is 4.